The van der Waals surface area contributed by atoms with Crippen LogP contribution in [0.25, 0.3) is 0 Å². The highest BCUT2D eigenvalue weighted by molar-refractivity contribution is 6.63. The SMILES string of the molecule is CCCCCCCCCC(F)(F)C(F)(F)C(F)(F)C(F)(F)C(F)(F)[Si](OC)(OC)OC. The second kappa shape index (κ2) is 11.0. The number of hydrogen-bond acceptors (Lipinski definition) is 3. The maximum Gasteiger partial charge on any atom is 0.581 e. The molecule has 188 valence electrons. The van der Waals surface area contributed by atoms with Gasteiger partial charge in [-0.05, 0) is 6.42 Å². The number of rotatable bonds is 16. The van der Waals surface area contributed by atoms with Gasteiger partial charge in [-0.25, -0.2) is 0 Å². The Kier molecular flexibility index (Phi) is 10.8. The maximum atomic E-state index is 14.3. The molecule has 0 heterocycles. The van der Waals surface area contributed by atoms with Crippen LogP contribution in [0.3, 0.4) is 0 Å². The van der Waals surface area contributed by atoms with Crippen molar-refractivity contribution in [1.29, 1.82) is 0 Å². The molecule has 0 aliphatic heterocycles. The van der Waals surface area contributed by atoms with Gasteiger partial charge >= 0.3 is 38.0 Å². The molecule has 0 fully saturated rings. The maximum absolute atomic E-state index is 14.3. The topological polar surface area (TPSA) is 27.7 Å². The summed E-state index contributed by atoms with van der Waals surface area (Å²) in [4.78, 5) is 0. The third-order valence-electron chi connectivity index (χ3n) is 4.93. The molecule has 0 aliphatic rings. The Balaban J connectivity index is 5.68. The summed E-state index contributed by atoms with van der Waals surface area (Å²) in [5, 5.41) is 0. The Morgan fingerprint density at radius 1 is 0.548 bits per heavy atom. The highest BCUT2D eigenvalue weighted by Crippen LogP contribution is 2.59. The molecule has 0 aromatic heterocycles. The Labute approximate surface area is 175 Å². The standard InChI is InChI=1S/C17H28F10O3Si/c1-5-6-7-8-9-10-11-12-13(18,19)14(20,21)15(22,23)16(24,25)17(26,27)31(28-2,29-3)30-4/h5-12H2,1-4H3. The zero-order valence-corrected chi connectivity index (χ0v) is 18.7. The summed E-state index contributed by atoms with van der Waals surface area (Å²) in [6, 6.07) is 0. The van der Waals surface area contributed by atoms with Crippen LogP contribution in [0.1, 0.15) is 58.3 Å². The molecule has 0 spiro atoms. The molecule has 0 rings (SSSR count). The average molecular weight is 498 g/mol. The van der Waals surface area contributed by atoms with Gasteiger partial charge in [0, 0.05) is 27.8 Å². The number of unbranched alkanes of at least 4 members (excludes halogenated alkanes) is 6. The minimum Gasteiger partial charge on any atom is -0.373 e. The van der Waals surface area contributed by atoms with Gasteiger partial charge in [0.15, 0.2) is 0 Å². The first-order chi connectivity index (χ1) is 14.0. The smallest absolute Gasteiger partial charge is 0.373 e. The number of halogens is 10. The predicted molar refractivity (Wildman–Crippen MR) is 94.1 cm³/mol. The van der Waals surface area contributed by atoms with Crippen molar-refractivity contribution in [2.75, 3.05) is 21.3 Å². The van der Waals surface area contributed by atoms with E-state index in [1.54, 1.807) is 0 Å². The van der Waals surface area contributed by atoms with Gasteiger partial charge in [-0.15, -0.1) is 0 Å². The first-order valence-corrected chi connectivity index (χ1v) is 11.3. The largest absolute Gasteiger partial charge is 0.581 e. The first-order valence-electron chi connectivity index (χ1n) is 9.54. The molecule has 0 bridgehead atoms. The summed E-state index contributed by atoms with van der Waals surface area (Å²) >= 11 is 0. The fraction of sp³-hybridized carbons (Fsp3) is 1.00. The van der Waals surface area contributed by atoms with Crippen LogP contribution in [0.2, 0.25) is 0 Å². The van der Waals surface area contributed by atoms with E-state index in [0.717, 1.165) is 19.3 Å². The lowest BCUT2D eigenvalue weighted by Crippen LogP contribution is -2.75. The molecule has 14 heteroatoms. The van der Waals surface area contributed by atoms with E-state index < -0.39 is 50.9 Å². The molecule has 0 aromatic carbocycles. The van der Waals surface area contributed by atoms with E-state index in [0.29, 0.717) is 34.2 Å². The minimum absolute atomic E-state index is 0.0411. The molecule has 31 heavy (non-hydrogen) atoms. The van der Waals surface area contributed by atoms with Gasteiger partial charge in [0.05, 0.1) is 0 Å². The third-order valence-corrected chi connectivity index (χ3v) is 7.62. The minimum atomic E-state index is -7.16. The zero-order valence-electron chi connectivity index (χ0n) is 17.7. The van der Waals surface area contributed by atoms with Gasteiger partial charge in [-0.3, -0.25) is 0 Å². The summed E-state index contributed by atoms with van der Waals surface area (Å²) in [7, 11) is -4.99. The summed E-state index contributed by atoms with van der Waals surface area (Å²) in [6.45, 7) is 1.92. The van der Waals surface area contributed by atoms with Crippen molar-refractivity contribution in [3.8, 4) is 0 Å². The fourth-order valence-corrected chi connectivity index (χ4v) is 4.72. The molecule has 0 aliphatic carbocycles. The van der Waals surface area contributed by atoms with E-state index >= 15 is 0 Å². The van der Waals surface area contributed by atoms with Gasteiger partial charge in [0.1, 0.15) is 0 Å². The van der Waals surface area contributed by atoms with Crippen molar-refractivity contribution < 1.29 is 57.2 Å². The summed E-state index contributed by atoms with van der Waals surface area (Å²) < 4.78 is 152. The van der Waals surface area contributed by atoms with Crippen molar-refractivity contribution >= 4 is 8.80 Å². The van der Waals surface area contributed by atoms with Crippen molar-refractivity contribution in [2.24, 2.45) is 0 Å². The summed E-state index contributed by atoms with van der Waals surface area (Å²) in [5.41, 5.74) is -6.17. The summed E-state index contributed by atoms with van der Waals surface area (Å²) in [5.74, 6) is -26.6. The second-order valence-corrected chi connectivity index (χ2v) is 10.0. The molecule has 0 radical (unpaired) electrons. The fourth-order valence-electron chi connectivity index (χ4n) is 2.91. The molecule has 3 nitrogen and oxygen atoms in total. The van der Waals surface area contributed by atoms with Crippen LogP contribution in [0.15, 0.2) is 0 Å². The quantitative estimate of drug-likeness (QED) is 0.134. The molecule has 0 aromatic rings. The van der Waals surface area contributed by atoms with E-state index in [9.17, 15) is 43.9 Å². The van der Waals surface area contributed by atoms with E-state index in [2.05, 4.69) is 13.3 Å². The molecule has 0 saturated carbocycles. The van der Waals surface area contributed by atoms with E-state index in [1.165, 1.54) is 0 Å². The lowest BCUT2D eigenvalue weighted by molar-refractivity contribution is -0.396. The molecule has 0 N–H and O–H groups in total. The van der Waals surface area contributed by atoms with Gasteiger partial charge in [-0.1, -0.05) is 45.4 Å². The molecular formula is C17H28F10O3Si. The van der Waals surface area contributed by atoms with E-state index in [1.807, 2.05) is 6.92 Å². The van der Waals surface area contributed by atoms with Crippen LogP contribution in [-0.4, -0.2) is 59.4 Å². The number of alkyl halides is 10. The van der Waals surface area contributed by atoms with Gasteiger partial charge in [0.2, 0.25) is 0 Å². The Morgan fingerprint density at radius 2 is 0.935 bits per heavy atom. The van der Waals surface area contributed by atoms with Gasteiger partial charge < -0.3 is 13.3 Å². The van der Waals surface area contributed by atoms with Crippen LogP contribution in [0, 0.1) is 0 Å². The van der Waals surface area contributed by atoms with Gasteiger partial charge in [0.25, 0.3) is 0 Å². The average Bonchev–Trinajstić information content (AvgIpc) is 2.68. The van der Waals surface area contributed by atoms with Crippen molar-refractivity contribution in [1.82, 2.24) is 0 Å². The first kappa shape index (κ1) is 30.4. The van der Waals surface area contributed by atoms with Crippen LogP contribution < -0.4 is 0 Å². The number of hydrogen-bond donors (Lipinski definition) is 0. The third kappa shape index (κ3) is 5.49. The van der Waals surface area contributed by atoms with Crippen LogP contribution in [0.4, 0.5) is 43.9 Å². The Morgan fingerprint density at radius 3 is 1.32 bits per heavy atom. The van der Waals surface area contributed by atoms with Crippen molar-refractivity contribution in [2.45, 2.75) is 87.5 Å². The monoisotopic (exact) mass is 498 g/mol. The van der Waals surface area contributed by atoms with E-state index in [4.69, 9.17) is 0 Å². The van der Waals surface area contributed by atoms with Crippen LogP contribution in [-0.2, 0) is 13.3 Å². The molecule has 0 unspecified atom stereocenters. The molecule has 0 atom stereocenters. The van der Waals surface area contributed by atoms with Gasteiger partial charge in [-0.2, -0.15) is 43.9 Å². The molecule has 0 amide bonds. The lowest BCUT2D eigenvalue weighted by atomic mass is 9.94. The van der Waals surface area contributed by atoms with E-state index in [-0.39, 0.29) is 6.42 Å². The van der Waals surface area contributed by atoms with Crippen LogP contribution in [0.5, 0.6) is 0 Å². The Hall–Kier alpha value is -0.603. The second-order valence-electron chi connectivity index (χ2n) is 7.04. The zero-order chi connectivity index (χ0) is 24.8. The normalized spacial score (nSPS) is 14.9. The van der Waals surface area contributed by atoms with Crippen LogP contribution >= 0.6 is 0 Å². The highest BCUT2D eigenvalue weighted by atomic mass is 28.4. The highest BCUT2D eigenvalue weighted by Gasteiger charge is 2.91. The lowest BCUT2D eigenvalue weighted by Gasteiger charge is -2.42. The molecule has 0 saturated heterocycles. The van der Waals surface area contributed by atoms with Crippen molar-refractivity contribution in [3.05, 3.63) is 0 Å². The Bertz CT molecular complexity index is 534. The summed E-state index contributed by atoms with van der Waals surface area (Å²) in [6.07, 6.45) is 0.833. The predicted octanol–water partition coefficient (Wildman–Crippen LogP) is 6.72. The molecular weight excluding hydrogens is 470 g/mol. The van der Waals surface area contributed by atoms with Crippen molar-refractivity contribution in [3.63, 3.8) is 0 Å².